The van der Waals surface area contributed by atoms with Crippen molar-refractivity contribution in [3.63, 3.8) is 0 Å². The second-order valence-corrected chi connectivity index (χ2v) is 7.63. The highest BCUT2D eigenvalue weighted by molar-refractivity contribution is 7.12. The number of hydrogen-bond acceptors (Lipinski definition) is 4. The number of para-hydroxylation sites is 1. The minimum atomic E-state index is -0.210. The van der Waals surface area contributed by atoms with Crippen molar-refractivity contribution in [2.75, 3.05) is 25.6 Å². The number of carbonyl (C=O) groups is 2. The normalized spacial score (nSPS) is 10.4. The van der Waals surface area contributed by atoms with E-state index in [1.54, 1.807) is 38.4 Å². The molecule has 150 valence electrons. The number of carbonyl (C=O) groups excluding carboxylic acids is 2. The molecular formula is C23H24N2O3S. The maximum absolute atomic E-state index is 12.8. The van der Waals surface area contributed by atoms with Crippen molar-refractivity contribution < 1.29 is 14.3 Å². The molecule has 1 heterocycles. The van der Waals surface area contributed by atoms with Gasteiger partial charge in [0.1, 0.15) is 5.75 Å². The van der Waals surface area contributed by atoms with E-state index in [0.717, 1.165) is 16.9 Å². The highest BCUT2D eigenvalue weighted by atomic mass is 32.1. The molecule has 0 spiro atoms. The molecule has 0 fully saturated rings. The molecule has 2 aromatic carbocycles. The minimum absolute atomic E-state index is 0.134. The van der Waals surface area contributed by atoms with Crippen LogP contribution >= 0.6 is 11.3 Å². The molecule has 0 aliphatic carbocycles. The van der Waals surface area contributed by atoms with E-state index in [4.69, 9.17) is 4.74 Å². The Balaban J connectivity index is 1.70. The number of anilines is 1. The summed E-state index contributed by atoms with van der Waals surface area (Å²) in [5.41, 5.74) is 3.24. The maximum Gasteiger partial charge on any atom is 0.268 e. The van der Waals surface area contributed by atoms with Gasteiger partial charge < -0.3 is 15.0 Å². The number of aryl methyl sites for hydroxylation is 1. The molecule has 0 aliphatic rings. The summed E-state index contributed by atoms with van der Waals surface area (Å²) in [4.78, 5) is 27.6. The summed E-state index contributed by atoms with van der Waals surface area (Å²) in [5.74, 6) is 0.467. The number of rotatable bonds is 7. The molecule has 5 nitrogen and oxygen atoms in total. The van der Waals surface area contributed by atoms with Gasteiger partial charge in [0.25, 0.3) is 11.8 Å². The molecule has 3 rings (SSSR count). The fraction of sp³-hybridized carbons (Fsp3) is 0.217. The van der Waals surface area contributed by atoms with E-state index in [-0.39, 0.29) is 11.8 Å². The smallest absolute Gasteiger partial charge is 0.268 e. The van der Waals surface area contributed by atoms with Crippen LogP contribution in [0.15, 0.2) is 60.0 Å². The molecule has 6 heteroatoms. The summed E-state index contributed by atoms with van der Waals surface area (Å²) in [5, 5.41) is 4.82. The van der Waals surface area contributed by atoms with Crippen LogP contribution in [0.25, 0.3) is 0 Å². The Labute approximate surface area is 174 Å². The van der Waals surface area contributed by atoms with Crippen LogP contribution in [0.3, 0.4) is 0 Å². The molecule has 0 unspecified atom stereocenters. The van der Waals surface area contributed by atoms with Crippen molar-refractivity contribution >= 4 is 28.8 Å². The van der Waals surface area contributed by atoms with E-state index < -0.39 is 0 Å². The van der Waals surface area contributed by atoms with Gasteiger partial charge in [-0.3, -0.25) is 9.59 Å². The van der Waals surface area contributed by atoms with Gasteiger partial charge in [-0.1, -0.05) is 35.9 Å². The number of hydrogen-bond donors (Lipinski definition) is 1. The van der Waals surface area contributed by atoms with E-state index in [0.29, 0.717) is 29.1 Å². The van der Waals surface area contributed by atoms with Gasteiger partial charge in [0.05, 0.1) is 23.2 Å². The largest absolute Gasteiger partial charge is 0.496 e. The minimum Gasteiger partial charge on any atom is -0.496 e. The highest BCUT2D eigenvalue weighted by Gasteiger charge is 2.20. The monoisotopic (exact) mass is 408 g/mol. The first kappa shape index (κ1) is 20.6. The van der Waals surface area contributed by atoms with Gasteiger partial charge in [0.15, 0.2) is 0 Å². The first-order chi connectivity index (χ1) is 14.0. The fourth-order valence-electron chi connectivity index (χ4n) is 3.14. The van der Waals surface area contributed by atoms with Crippen molar-refractivity contribution in [1.29, 1.82) is 0 Å². The van der Waals surface area contributed by atoms with Crippen LogP contribution in [0, 0.1) is 6.92 Å². The predicted octanol–water partition coefficient (Wildman–Crippen LogP) is 4.31. The Morgan fingerprint density at radius 3 is 2.62 bits per heavy atom. The first-order valence-electron chi connectivity index (χ1n) is 9.33. The van der Waals surface area contributed by atoms with Crippen molar-refractivity contribution in [3.05, 3.63) is 81.5 Å². The summed E-state index contributed by atoms with van der Waals surface area (Å²) in [6.45, 7) is 2.49. The number of amides is 2. The summed E-state index contributed by atoms with van der Waals surface area (Å²) in [7, 11) is 3.33. The van der Waals surface area contributed by atoms with Gasteiger partial charge >= 0.3 is 0 Å². The Hall–Kier alpha value is -3.12. The third-order valence-corrected chi connectivity index (χ3v) is 5.52. The lowest BCUT2D eigenvalue weighted by Gasteiger charge is -2.20. The molecule has 1 aromatic heterocycles. The molecule has 2 amide bonds. The summed E-state index contributed by atoms with van der Waals surface area (Å²) < 4.78 is 5.40. The van der Waals surface area contributed by atoms with Crippen LogP contribution in [0.2, 0.25) is 0 Å². The molecule has 0 aliphatic heterocycles. The molecule has 0 bridgehead atoms. The number of methoxy groups -OCH3 is 1. The lowest BCUT2D eigenvalue weighted by molar-refractivity contribution is 0.0954. The molecule has 0 radical (unpaired) electrons. The molecular weight excluding hydrogens is 384 g/mol. The van der Waals surface area contributed by atoms with Crippen molar-refractivity contribution in [1.82, 2.24) is 5.32 Å². The summed E-state index contributed by atoms with van der Waals surface area (Å²) in [6, 6.07) is 16.7. The van der Waals surface area contributed by atoms with Gasteiger partial charge in [-0.15, -0.1) is 11.3 Å². The van der Waals surface area contributed by atoms with Crippen molar-refractivity contribution in [2.24, 2.45) is 0 Å². The third kappa shape index (κ3) is 4.84. The maximum atomic E-state index is 12.8. The first-order valence-corrected chi connectivity index (χ1v) is 10.2. The van der Waals surface area contributed by atoms with Gasteiger partial charge in [-0.05, 0) is 48.6 Å². The zero-order valence-corrected chi connectivity index (χ0v) is 17.6. The average molecular weight is 409 g/mol. The van der Waals surface area contributed by atoms with Crippen LogP contribution in [0.1, 0.15) is 31.2 Å². The topological polar surface area (TPSA) is 58.6 Å². The zero-order valence-electron chi connectivity index (χ0n) is 16.8. The van der Waals surface area contributed by atoms with E-state index in [1.807, 2.05) is 36.6 Å². The number of ether oxygens (including phenoxy) is 1. The van der Waals surface area contributed by atoms with Crippen LogP contribution in [-0.4, -0.2) is 32.5 Å². The van der Waals surface area contributed by atoms with Crippen LogP contribution in [-0.2, 0) is 6.42 Å². The van der Waals surface area contributed by atoms with E-state index in [2.05, 4.69) is 11.4 Å². The van der Waals surface area contributed by atoms with Crippen molar-refractivity contribution in [3.8, 4) is 5.75 Å². The number of benzene rings is 2. The van der Waals surface area contributed by atoms with E-state index in [9.17, 15) is 9.59 Å². The van der Waals surface area contributed by atoms with Crippen LogP contribution in [0.4, 0.5) is 5.69 Å². The lowest BCUT2D eigenvalue weighted by atomic mass is 10.1. The summed E-state index contributed by atoms with van der Waals surface area (Å²) in [6.07, 6.45) is 0.655. The Morgan fingerprint density at radius 2 is 1.90 bits per heavy atom. The lowest BCUT2D eigenvalue weighted by Crippen LogP contribution is -2.31. The molecule has 0 saturated heterocycles. The Morgan fingerprint density at radius 1 is 1.10 bits per heavy atom. The number of nitrogens with one attached hydrogen (secondary N) is 1. The quantitative estimate of drug-likeness (QED) is 0.634. The third-order valence-electron chi connectivity index (χ3n) is 4.66. The predicted molar refractivity (Wildman–Crippen MR) is 117 cm³/mol. The number of nitrogens with zero attached hydrogens (tertiary/aromatic N) is 1. The Bertz CT molecular complexity index is 999. The van der Waals surface area contributed by atoms with Crippen LogP contribution < -0.4 is 15.0 Å². The second kappa shape index (κ2) is 9.39. The molecule has 1 N–H and O–H groups in total. The van der Waals surface area contributed by atoms with E-state index in [1.165, 1.54) is 16.2 Å². The zero-order chi connectivity index (χ0) is 20.8. The summed E-state index contributed by atoms with van der Waals surface area (Å²) >= 11 is 1.38. The SMILES string of the molecule is COc1ccc(C)cc1CCNC(=O)c1ccccc1N(C)C(=O)c1cccs1. The van der Waals surface area contributed by atoms with Crippen molar-refractivity contribution in [2.45, 2.75) is 13.3 Å². The van der Waals surface area contributed by atoms with Gasteiger partial charge in [0.2, 0.25) is 0 Å². The fourth-order valence-corrected chi connectivity index (χ4v) is 3.84. The molecule has 0 atom stereocenters. The molecule has 0 saturated carbocycles. The van der Waals surface area contributed by atoms with Gasteiger partial charge in [-0.2, -0.15) is 0 Å². The Kier molecular flexibility index (Phi) is 6.67. The molecule has 29 heavy (non-hydrogen) atoms. The second-order valence-electron chi connectivity index (χ2n) is 6.68. The van der Waals surface area contributed by atoms with Crippen LogP contribution in [0.5, 0.6) is 5.75 Å². The van der Waals surface area contributed by atoms with Gasteiger partial charge in [-0.25, -0.2) is 0 Å². The van der Waals surface area contributed by atoms with E-state index >= 15 is 0 Å². The number of thiophene rings is 1. The molecule has 3 aromatic rings. The highest BCUT2D eigenvalue weighted by Crippen LogP contribution is 2.23. The average Bonchev–Trinajstić information content (AvgIpc) is 3.27. The standard InChI is InChI=1S/C23H24N2O3S/c1-16-10-11-20(28-3)17(15-16)12-13-24-22(26)18-7-4-5-8-19(18)25(2)23(27)21-9-6-14-29-21/h4-11,14-15H,12-13H2,1-3H3,(H,24,26). The van der Waals surface area contributed by atoms with Gasteiger partial charge in [0, 0.05) is 13.6 Å².